The van der Waals surface area contributed by atoms with Gasteiger partial charge in [-0.2, -0.15) is 0 Å². The Bertz CT molecular complexity index is 931. The van der Waals surface area contributed by atoms with E-state index in [-0.39, 0.29) is 28.7 Å². The molecule has 0 aromatic carbocycles. The molecule has 4 fully saturated rings. The Kier molecular flexibility index (Phi) is 4.34. The standard InChI is InChI=1S/C22H26N6O2/c1-13-3-5-24-18(25-13)20(30)28-22-10-15-7-16(11-22)9-21(8-15,12-22)27-19(29)17-4-6-23-14(2)26-17/h3-6,15-16H,7-12H2,1-2H3,(H,27,29)(H,28,30). The maximum atomic E-state index is 13.0. The lowest BCUT2D eigenvalue weighted by molar-refractivity contribution is -0.0449. The van der Waals surface area contributed by atoms with Gasteiger partial charge in [-0.25, -0.2) is 19.9 Å². The lowest BCUT2D eigenvalue weighted by atomic mass is 9.50. The second-order valence-corrected chi connectivity index (χ2v) is 9.44. The zero-order valence-corrected chi connectivity index (χ0v) is 17.3. The average molecular weight is 406 g/mol. The van der Waals surface area contributed by atoms with Crippen LogP contribution in [0.15, 0.2) is 24.5 Å². The largest absolute Gasteiger partial charge is 0.345 e. The molecule has 4 aliphatic rings. The van der Waals surface area contributed by atoms with Gasteiger partial charge >= 0.3 is 0 Å². The van der Waals surface area contributed by atoms with Gasteiger partial charge in [-0.15, -0.1) is 0 Å². The van der Waals surface area contributed by atoms with E-state index in [2.05, 4.69) is 30.6 Å². The Balaban J connectivity index is 1.38. The number of carbonyl (C=O) groups excluding carboxylic acids is 2. The number of hydrogen-bond donors (Lipinski definition) is 2. The molecular formula is C22H26N6O2. The van der Waals surface area contributed by atoms with E-state index in [1.807, 2.05) is 6.92 Å². The third-order valence-electron chi connectivity index (χ3n) is 6.83. The second-order valence-electron chi connectivity index (χ2n) is 9.44. The van der Waals surface area contributed by atoms with Gasteiger partial charge in [0.25, 0.3) is 11.8 Å². The summed E-state index contributed by atoms with van der Waals surface area (Å²) in [6.07, 6.45) is 8.94. The van der Waals surface area contributed by atoms with Gasteiger partial charge in [-0.3, -0.25) is 9.59 Å². The molecule has 2 unspecified atom stereocenters. The summed E-state index contributed by atoms with van der Waals surface area (Å²) in [6, 6.07) is 3.43. The first-order valence-corrected chi connectivity index (χ1v) is 10.6. The van der Waals surface area contributed by atoms with E-state index in [1.165, 1.54) is 6.42 Å². The summed E-state index contributed by atoms with van der Waals surface area (Å²) >= 11 is 0. The van der Waals surface area contributed by atoms with Gasteiger partial charge in [-0.1, -0.05) is 0 Å². The molecule has 2 aromatic rings. The van der Waals surface area contributed by atoms with Crippen molar-refractivity contribution in [3.63, 3.8) is 0 Å². The number of carbonyl (C=O) groups is 2. The fourth-order valence-electron chi connectivity index (χ4n) is 6.30. The molecule has 4 aliphatic carbocycles. The molecule has 2 aromatic heterocycles. The fraction of sp³-hybridized carbons (Fsp3) is 0.545. The summed E-state index contributed by atoms with van der Waals surface area (Å²) in [5.41, 5.74) is 0.540. The first-order chi connectivity index (χ1) is 14.3. The Morgan fingerprint density at radius 1 is 0.900 bits per heavy atom. The van der Waals surface area contributed by atoms with Gasteiger partial charge in [0.1, 0.15) is 11.5 Å². The van der Waals surface area contributed by atoms with Gasteiger partial charge in [0.05, 0.1) is 0 Å². The van der Waals surface area contributed by atoms with Crippen molar-refractivity contribution in [3.8, 4) is 0 Å². The smallest absolute Gasteiger partial charge is 0.289 e. The van der Waals surface area contributed by atoms with Crippen LogP contribution in [0.3, 0.4) is 0 Å². The molecule has 2 heterocycles. The average Bonchev–Trinajstić information content (AvgIpc) is 2.66. The minimum absolute atomic E-state index is 0.161. The van der Waals surface area contributed by atoms with Crippen LogP contribution in [-0.2, 0) is 0 Å². The van der Waals surface area contributed by atoms with Gasteiger partial charge in [0.15, 0.2) is 0 Å². The Morgan fingerprint density at radius 2 is 1.53 bits per heavy atom. The summed E-state index contributed by atoms with van der Waals surface area (Å²) in [4.78, 5) is 42.7. The number of nitrogens with one attached hydrogen (secondary N) is 2. The summed E-state index contributed by atoms with van der Waals surface area (Å²) in [7, 11) is 0. The number of nitrogens with zero attached hydrogens (tertiary/aromatic N) is 4. The van der Waals surface area contributed by atoms with Crippen molar-refractivity contribution in [2.75, 3.05) is 0 Å². The van der Waals surface area contributed by atoms with Crippen LogP contribution < -0.4 is 10.6 Å². The molecule has 2 amide bonds. The number of aromatic nitrogens is 4. The van der Waals surface area contributed by atoms with Crippen molar-refractivity contribution in [1.82, 2.24) is 30.6 Å². The van der Waals surface area contributed by atoms with Crippen LogP contribution in [0, 0.1) is 25.7 Å². The summed E-state index contributed by atoms with van der Waals surface area (Å²) < 4.78 is 0. The maximum Gasteiger partial charge on any atom is 0.289 e. The number of aryl methyl sites for hydroxylation is 2. The fourth-order valence-corrected chi connectivity index (χ4v) is 6.30. The maximum absolute atomic E-state index is 13.0. The topological polar surface area (TPSA) is 110 Å². The first kappa shape index (κ1) is 19.1. The van der Waals surface area contributed by atoms with E-state index in [1.54, 1.807) is 31.5 Å². The normalized spacial score (nSPS) is 31.4. The van der Waals surface area contributed by atoms with Crippen molar-refractivity contribution in [1.29, 1.82) is 0 Å². The lowest BCUT2D eigenvalue weighted by Gasteiger charge is -2.62. The van der Waals surface area contributed by atoms with Crippen LogP contribution in [0.25, 0.3) is 0 Å². The SMILES string of the molecule is Cc1ccnc(C(=O)NC23CC4CC(CC(NC(=O)c5ccnc(C)n5)(C4)C2)C3)n1. The summed E-state index contributed by atoms with van der Waals surface area (Å²) in [5, 5.41) is 6.58. The molecule has 4 bridgehead atoms. The first-order valence-electron chi connectivity index (χ1n) is 10.6. The quantitative estimate of drug-likeness (QED) is 0.805. The van der Waals surface area contributed by atoms with Crippen molar-refractivity contribution >= 4 is 11.8 Å². The zero-order valence-electron chi connectivity index (χ0n) is 17.3. The van der Waals surface area contributed by atoms with Crippen molar-refractivity contribution < 1.29 is 9.59 Å². The molecule has 156 valence electrons. The molecule has 6 rings (SSSR count). The highest BCUT2D eigenvalue weighted by Gasteiger charge is 2.59. The molecule has 2 N–H and O–H groups in total. The highest BCUT2D eigenvalue weighted by molar-refractivity contribution is 5.93. The Hall–Kier alpha value is -2.90. The summed E-state index contributed by atoms with van der Waals surface area (Å²) in [5.74, 6) is 1.39. The number of amides is 2. The highest BCUT2D eigenvalue weighted by Crippen LogP contribution is 2.57. The molecule has 0 saturated heterocycles. The zero-order chi connectivity index (χ0) is 20.9. The van der Waals surface area contributed by atoms with E-state index in [0.29, 0.717) is 23.4 Å². The lowest BCUT2D eigenvalue weighted by Crippen LogP contribution is -2.70. The van der Waals surface area contributed by atoms with Gasteiger partial charge in [0.2, 0.25) is 5.82 Å². The van der Waals surface area contributed by atoms with Crippen LogP contribution in [0.4, 0.5) is 0 Å². The minimum atomic E-state index is -0.316. The number of hydrogen-bond acceptors (Lipinski definition) is 6. The van der Waals surface area contributed by atoms with Gasteiger partial charge in [0, 0.05) is 29.2 Å². The third-order valence-corrected chi connectivity index (χ3v) is 6.83. The van der Waals surface area contributed by atoms with E-state index in [9.17, 15) is 9.59 Å². The Morgan fingerprint density at radius 3 is 2.17 bits per heavy atom. The van der Waals surface area contributed by atoms with E-state index in [0.717, 1.165) is 37.8 Å². The molecule has 30 heavy (non-hydrogen) atoms. The van der Waals surface area contributed by atoms with E-state index >= 15 is 0 Å². The molecule has 8 heteroatoms. The summed E-state index contributed by atoms with van der Waals surface area (Å²) in [6.45, 7) is 3.63. The molecule has 2 atom stereocenters. The second kappa shape index (κ2) is 6.82. The van der Waals surface area contributed by atoms with Crippen LogP contribution in [0.2, 0.25) is 0 Å². The van der Waals surface area contributed by atoms with Crippen LogP contribution in [-0.4, -0.2) is 42.8 Å². The van der Waals surface area contributed by atoms with Crippen LogP contribution in [0.5, 0.6) is 0 Å². The van der Waals surface area contributed by atoms with Crippen molar-refractivity contribution in [2.45, 2.75) is 63.5 Å². The monoisotopic (exact) mass is 406 g/mol. The number of rotatable bonds is 4. The third kappa shape index (κ3) is 3.44. The molecule has 4 saturated carbocycles. The van der Waals surface area contributed by atoms with Crippen molar-refractivity contribution in [3.05, 3.63) is 47.6 Å². The van der Waals surface area contributed by atoms with Crippen LogP contribution in [0.1, 0.15) is 71.2 Å². The predicted molar refractivity (Wildman–Crippen MR) is 109 cm³/mol. The van der Waals surface area contributed by atoms with Gasteiger partial charge in [-0.05, 0) is 76.3 Å². The molecular weight excluding hydrogens is 380 g/mol. The molecule has 0 aliphatic heterocycles. The van der Waals surface area contributed by atoms with Gasteiger partial charge < -0.3 is 10.6 Å². The Labute approximate surface area is 175 Å². The molecule has 0 spiro atoms. The van der Waals surface area contributed by atoms with E-state index < -0.39 is 0 Å². The minimum Gasteiger partial charge on any atom is -0.345 e. The van der Waals surface area contributed by atoms with E-state index in [4.69, 9.17) is 0 Å². The van der Waals surface area contributed by atoms with Crippen molar-refractivity contribution in [2.24, 2.45) is 11.8 Å². The molecule has 0 radical (unpaired) electrons. The highest BCUT2D eigenvalue weighted by atomic mass is 16.2. The molecule has 8 nitrogen and oxygen atoms in total. The van der Waals surface area contributed by atoms with Crippen LogP contribution >= 0.6 is 0 Å². The predicted octanol–water partition coefficient (Wildman–Crippen LogP) is 2.13.